The molecule has 0 unspecified atom stereocenters. The third-order valence-electron chi connectivity index (χ3n) is 7.36. The number of hydrogen-bond donors (Lipinski definition) is 2. The lowest BCUT2D eigenvalue weighted by Crippen LogP contribution is -2.50. The minimum Gasteiger partial charge on any atom is -0.478 e. The quantitative estimate of drug-likeness (QED) is 0.555. The maximum absolute atomic E-state index is 13.7. The zero-order chi connectivity index (χ0) is 26.5. The van der Waals surface area contributed by atoms with Crippen LogP contribution >= 0.6 is 0 Å². The van der Waals surface area contributed by atoms with Crippen LogP contribution < -0.4 is 4.74 Å². The van der Waals surface area contributed by atoms with Crippen molar-refractivity contribution in [1.29, 1.82) is 0 Å². The SMILES string of the molecule is C[C@@H]1CN([C@@H](C)CO)C(=O)c2cc(C3=CCCCC3)cnc2O[C@@H]1CN(C)Cc1ccccc1C(=O)O. The van der Waals surface area contributed by atoms with E-state index in [0.717, 1.165) is 30.4 Å². The van der Waals surface area contributed by atoms with Crippen LogP contribution in [0.1, 0.15) is 71.4 Å². The second-order valence-electron chi connectivity index (χ2n) is 10.3. The van der Waals surface area contributed by atoms with E-state index in [-0.39, 0.29) is 36.1 Å². The van der Waals surface area contributed by atoms with Crippen LogP contribution in [0.5, 0.6) is 5.88 Å². The minimum atomic E-state index is -0.950. The van der Waals surface area contributed by atoms with Crippen molar-refractivity contribution in [3.8, 4) is 5.88 Å². The van der Waals surface area contributed by atoms with Crippen LogP contribution in [0.2, 0.25) is 0 Å². The van der Waals surface area contributed by atoms with Crippen molar-refractivity contribution in [3.63, 3.8) is 0 Å². The first kappa shape index (κ1) is 26.8. The van der Waals surface area contributed by atoms with Crippen LogP contribution in [-0.4, -0.2) is 75.8 Å². The lowest BCUT2D eigenvalue weighted by molar-refractivity contribution is 0.0325. The van der Waals surface area contributed by atoms with Crippen molar-refractivity contribution in [2.45, 2.75) is 58.2 Å². The van der Waals surface area contributed by atoms with E-state index in [4.69, 9.17) is 4.74 Å². The molecule has 2 N–H and O–H groups in total. The molecule has 2 heterocycles. The molecule has 3 atom stereocenters. The smallest absolute Gasteiger partial charge is 0.336 e. The fraction of sp³-hybridized carbons (Fsp3) is 0.483. The van der Waals surface area contributed by atoms with Gasteiger partial charge in [0.1, 0.15) is 11.7 Å². The van der Waals surface area contributed by atoms with E-state index in [2.05, 4.69) is 11.1 Å². The first-order valence-corrected chi connectivity index (χ1v) is 13.1. The Morgan fingerprint density at radius 1 is 1.30 bits per heavy atom. The molecule has 1 aromatic heterocycles. The van der Waals surface area contributed by atoms with Gasteiger partial charge in [-0.2, -0.15) is 0 Å². The highest BCUT2D eigenvalue weighted by Crippen LogP contribution is 2.32. The van der Waals surface area contributed by atoms with Crippen molar-refractivity contribution >= 4 is 17.4 Å². The molecule has 1 aromatic carbocycles. The maximum Gasteiger partial charge on any atom is 0.336 e. The van der Waals surface area contributed by atoms with Gasteiger partial charge in [-0.05, 0) is 68.5 Å². The lowest BCUT2D eigenvalue weighted by atomic mass is 9.93. The number of aromatic nitrogens is 1. The summed E-state index contributed by atoms with van der Waals surface area (Å²) < 4.78 is 6.41. The van der Waals surface area contributed by atoms with Crippen molar-refractivity contribution in [2.24, 2.45) is 5.92 Å². The normalized spacial score (nSPS) is 20.9. The number of carboxylic acids is 1. The average Bonchev–Trinajstić information content (AvgIpc) is 2.90. The Morgan fingerprint density at radius 2 is 2.08 bits per heavy atom. The minimum absolute atomic E-state index is 0.0502. The molecule has 2 aliphatic rings. The molecule has 8 nitrogen and oxygen atoms in total. The molecule has 37 heavy (non-hydrogen) atoms. The monoisotopic (exact) mass is 507 g/mol. The van der Waals surface area contributed by atoms with Gasteiger partial charge in [0, 0.05) is 31.7 Å². The third-order valence-corrected chi connectivity index (χ3v) is 7.36. The lowest BCUT2D eigenvalue weighted by Gasteiger charge is -2.38. The zero-order valence-electron chi connectivity index (χ0n) is 21.9. The number of aliphatic hydroxyl groups is 1. The number of pyridine rings is 1. The molecule has 198 valence electrons. The number of carboxylic acid groups (broad SMARTS) is 1. The van der Waals surface area contributed by atoms with Gasteiger partial charge in [0.25, 0.3) is 5.91 Å². The van der Waals surface area contributed by atoms with Crippen LogP contribution in [0.25, 0.3) is 5.57 Å². The van der Waals surface area contributed by atoms with Crippen LogP contribution in [0.4, 0.5) is 0 Å². The molecular weight excluding hydrogens is 470 g/mol. The Hall–Kier alpha value is -3.23. The summed E-state index contributed by atoms with van der Waals surface area (Å²) in [7, 11) is 1.93. The van der Waals surface area contributed by atoms with Gasteiger partial charge in [0.2, 0.25) is 5.88 Å². The van der Waals surface area contributed by atoms with Crippen LogP contribution in [0.15, 0.2) is 42.6 Å². The largest absolute Gasteiger partial charge is 0.478 e. The summed E-state index contributed by atoms with van der Waals surface area (Å²) >= 11 is 0. The second kappa shape index (κ2) is 11.9. The average molecular weight is 508 g/mol. The second-order valence-corrected chi connectivity index (χ2v) is 10.3. The van der Waals surface area contributed by atoms with E-state index in [1.165, 1.54) is 12.0 Å². The Balaban J connectivity index is 1.63. The molecule has 1 aliphatic carbocycles. The zero-order valence-corrected chi connectivity index (χ0v) is 21.9. The van der Waals surface area contributed by atoms with Gasteiger partial charge in [0.05, 0.1) is 18.2 Å². The van der Waals surface area contributed by atoms with Crippen LogP contribution in [0.3, 0.4) is 0 Å². The third kappa shape index (κ3) is 6.19. The number of aliphatic hydroxyl groups excluding tert-OH is 1. The highest BCUT2D eigenvalue weighted by atomic mass is 16.5. The molecule has 1 amide bonds. The van der Waals surface area contributed by atoms with E-state index < -0.39 is 5.97 Å². The van der Waals surface area contributed by atoms with Crippen molar-refractivity contribution in [2.75, 3.05) is 26.7 Å². The number of amides is 1. The highest BCUT2D eigenvalue weighted by molar-refractivity contribution is 5.97. The number of rotatable bonds is 8. The number of allylic oxidation sites excluding steroid dienone is 2. The predicted molar refractivity (Wildman–Crippen MR) is 142 cm³/mol. The summed E-state index contributed by atoms with van der Waals surface area (Å²) in [5, 5.41) is 19.5. The number of aromatic carboxylic acids is 1. The molecule has 2 aromatic rings. The van der Waals surface area contributed by atoms with Crippen molar-refractivity contribution in [1.82, 2.24) is 14.8 Å². The molecule has 0 fully saturated rings. The van der Waals surface area contributed by atoms with Gasteiger partial charge in [0.15, 0.2) is 0 Å². The first-order valence-electron chi connectivity index (χ1n) is 13.1. The standard InChI is InChI=1S/C29H37N3O5/c1-19-15-32(20(2)18-33)28(34)25-13-23(21-9-5-4-6-10-21)14-30-27(25)37-26(19)17-31(3)16-22-11-7-8-12-24(22)29(35)36/h7-9,11-14,19-20,26,33H,4-6,10,15-18H2,1-3H3,(H,35,36)/t19-,20+,26-/m1/s1. The molecule has 4 rings (SSSR count). The fourth-order valence-corrected chi connectivity index (χ4v) is 5.13. The van der Waals surface area contributed by atoms with E-state index in [1.807, 2.05) is 44.0 Å². The summed E-state index contributed by atoms with van der Waals surface area (Å²) in [5.41, 5.74) is 3.58. The first-order chi connectivity index (χ1) is 17.8. The number of carbonyl (C=O) groups excluding carboxylic acids is 1. The summed E-state index contributed by atoms with van der Waals surface area (Å²) in [6, 6.07) is 8.53. The topological polar surface area (TPSA) is 103 Å². The molecule has 8 heteroatoms. The van der Waals surface area contributed by atoms with E-state index in [0.29, 0.717) is 31.1 Å². The molecule has 0 spiro atoms. The molecule has 0 radical (unpaired) electrons. The van der Waals surface area contributed by atoms with Gasteiger partial charge >= 0.3 is 5.97 Å². The van der Waals surface area contributed by atoms with E-state index in [1.54, 1.807) is 23.2 Å². The predicted octanol–water partition coefficient (Wildman–Crippen LogP) is 4.09. The van der Waals surface area contributed by atoms with Gasteiger partial charge < -0.3 is 19.8 Å². The van der Waals surface area contributed by atoms with Crippen LogP contribution in [-0.2, 0) is 6.54 Å². The summed E-state index contributed by atoms with van der Waals surface area (Å²) in [5.74, 6) is -0.882. The Labute approximate surface area is 218 Å². The number of benzene rings is 1. The number of nitrogens with zero attached hydrogens (tertiary/aromatic N) is 3. The van der Waals surface area contributed by atoms with Crippen molar-refractivity contribution < 1.29 is 24.5 Å². The van der Waals surface area contributed by atoms with E-state index in [9.17, 15) is 19.8 Å². The van der Waals surface area contributed by atoms with Gasteiger partial charge in [-0.3, -0.25) is 9.69 Å². The summed E-state index contributed by atoms with van der Waals surface area (Å²) in [6.07, 6.45) is 8.02. The number of hydrogen-bond acceptors (Lipinski definition) is 6. The molecule has 1 aliphatic heterocycles. The molecule has 0 bridgehead atoms. The molecular formula is C29H37N3O5. The number of likely N-dealkylation sites (N-methyl/N-ethyl adjacent to an activating group) is 1. The highest BCUT2D eigenvalue weighted by Gasteiger charge is 2.34. The summed E-state index contributed by atoms with van der Waals surface area (Å²) in [6.45, 7) is 5.12. The Morgan fingerprint density at radius 3 is 2.78 bits per heavy atom. The van der Waals surface area contributed by atoms with Gasteiger partial charge in [-0.15, -0.1) is 0 Å². The number of carbonyl (C=O) groups is 2. The van der Waals surface area contributed by atoms with Gasteiger partial charge in [-0.1, -0.05) is 31.2 Å². The maximum atomic E-state index is 13.7. The van der Waals surface area contributed by atoms with Gasteiger partial charge in [-0.25, -0.2) is 9.78 Å². The Kier molecular flexibility index (Phi) is 8.61. The number of ether oxygens (including phenoxy) is 1. The van der Waals surface area contributed by atoms with Crippen LogP contribution in [0, 0.1) is 5.92 Å². The number of fused-ring (bicyclic) bond motifs is 1. The fourth-order valence-electron chi connectivity index (χ4n) is 5.13. The van der Waals surface area contributed by atoms with Crippen molar-refractivity contribution in [3.05, 3.63) is 64.9 Å². The summed E-state index contributed by atoms with van der Waals surface area (Å²) in [4.78, 5) is 33.7. The molecule has 0 saturated carbocycles. The van der Waals surface area contributed by atoms with E-state index >= 15 is 0 Å². The molecule has 0 saturated heterocycles. The Bertz CT molecular complexity index is 1160.